The highest BCUT2D eigenvalue weighted by Crippen LogP contribution is 2.37. The highest BCUT2D eigenvalue weighted by Gasteiger charge is 2.25. The fraction of sp³-hybridized carbons (Fsp3) is 0.227. The van der Waals surface area contributed by atoms with Crippen LogP contribution in [-0.2, 0) is 19.1 Å². The van der Waals surface area contributed by atoms with Gasteiger partial charge < -0.3 is 31.6 Å². The molecule has 0 aromatic heterocycles. The summed E-state index contributed by atoms with van der Waals surface area (Å²) < 4.78 is 9.87. The Hall–Kier alpha value is -3.83. The van der Waals surface area contributed by atoms with Gasteiger partial charge in [-0.2, -0.15) is 0 Å². The lowest BCUT2D eigenvalue weighted by atomic mass is 10.0. The van der Waals surface area contributed by atoms with Crippen molar-refractivity contribution in [3.63, 3.8) is 0 Å². The van der Waals surface area contributed by atoms with Crippen molar-refractivity contribution in [2.45, 2.75) is 19.4 Å². The van der Waals surface area contributed by atoms with Gasteiger partial charge in [-0.25, -0.2) is 4.99 Å². The molecule has 2 rings (SSSR count). The smallest absolute Gasteiger partial charge is 0.308 e. The van der Waals surface area contributed by atoms with Gasteiger partial charge in [-0.1, -0.05) is 29.3 Å². The van der Waals surface area contributed by atoms with Crippen molar-refractivity contribution in [2.24, 2.45) is 16.5 Å². The largest absolute Gasteiger partial charge is 0.469 e. The predicted octanol–water partition coefficient (Wildman–Crippen LogP) is 1.97. The average molecular weight is 524 g/mol. The Kier molecular flexibility index (Phi) is 9.86. The van der Waals surface area contributed by atoms with Gasteiger partial charge in [-0.15, -0.1) is 0 Å². The molecule has 0 aliphatic heterocycles. The summed E-state index contributed by atoms with van der Waals surface area (Å²) in [5.41, 5.74) is 11.4. The van der Waals surface area contributed by atoms with Gasteiger partial charge in [0.25, 0.3) is 5.91 Å². The number of guanidine groups is 1. The number of aliphatic imine (C=N–C) groups is 1. The lowest BCUT2D eigenvalue weighted by Crippen LogP contribution is -2.39. The fourth-order valence-corrected chi connectivity index (χ4v) is 3.50. The second-order valence-electron chi connectivity index (χ2n) is 7.07. The van der Waals surface area contributed by atoms with Crippen LogP contribution in [0.4, 0.5) is 5.69 Å². The van der Waals surface area contributed by atoms with E-state index in [4.69, 9.17) is 44.1 Å². The Balaban J connectivity index is 2.21. The maximum atomic E-state index is 12.6. The zero-order valence-corrected chi connectivity index (χ0v) is 20.3. The number of methoxy groups -OCH3 is 1. The molecule has 1 unspecified atom stereocenters. The minimum absolute atomic E-state index is 0.000717. The monoisotopic (exact) mass is 523 g/mol. The van der Waals surface area contributed by atoms with E-state index >= 15 is 0 Å². The molecule has 0 bridgehead atoms. The number of esters is 2. The van der Waals surface area contributed by atoms with Crippen LogP contribution in [0.15, 0.2) is 41.4 Å². The summed E-state index contributed by atoms with van der Waals surface area (Å²) in [5.74, 6) is -2.80. The summed E-state index contributed by atoms with van der Waals surface area (Å²) in [6, 6.07) is 7.82. The standard InChI is InChI=1S/C22H23Cl2N5O6/c1-11(30)35-20-15(7-13(23)8-16(20)24)17(9-19(32)34-2)29-18(31)10-27-21(33)12-4-3-5-14(6-12)28-22(25)26/h3-8,17H,9-10H2,1-2H3,(H,27,33)(H,29,31)(H4,25,26,28). The molecular formula is C22H23Cl2N5O6. The van der Waals surface area contributed by atoms with Crippen LogP contribution in [0.1, 0.15) is 35.3 Å². The van der Waals surface area contributed by atoms with E-state index in [-0.39, 0.29) is 39.3 Å². The highest BCUT2D eigenvalue weighted by molar-refractivity contribution is 6.35. The van der Waals surface area contributed by atoms with E-state index in [0.717, 1.165) is 0 Å². The van der Waals surface area contributed by atoms with E-state index in [1.54, 1.807) is 12.1 Å². The summed E-state index contributed by atoms with van der Waals surface area (Å²) in [5, 5.41) is 5.23. The van der Waals surface area contributed by atoms with Gasteiger partial charge >= 0.3 is 11.9 Å². The molecule has 6 N–H and O–H groups in total. The number of carbonyl (C=O) groups is 4. The molecule has 11 nitrogen and oxygen atoms in total. The van der Waals surface area contributed by atoms with E-state index < -0.39 is 36.3 Å². The first-order valence-corrected chi connectivity index (χ1v) is 10.8. The Morgan fingerprint density at radius 3 is 2.46 bits per heavy atom. The summed E-state index contributed by atoms with van der Waals surface area (Å²) in [6.07, 6.45) is -0.332. The molecule has 2 aromatic carbocycles. The number of nitrogens with zero attached hydrogens (tertiary/aromatic N) is 1. The Morgan fingerprint density at radius 1 is 1.11 bits per heavy atom. The molecule has 0 spiro atoms. The number of hydrogen-bond donors (Lipinski definition) is 4. The van der Waals surface area contributed by atoms with Gasteiger partial charge in [0.15, 0.2) is 11.7 Å². The Labute approximate surface area is 210 Å². The fourth-order valence-electron chi connectivity index (χ4n) is 2.95. The second-order valence-corrected chi connectivity index (χ2v) is 7.91. The minimum atomic E-state index is -1.04. The third-order valence-electron chi connectivity index (χ3n) is 4.37. The number of hydrogen-bond acceptors (Lipinski definition) is 7. The molecule has 0 fully saturated rings. The first-order valence-electron chi connectivity index (χ1n) is 10.0. The van der Waals surface area contributed by atoms with E-state index in [0.29, 0.717) is 5.69 Å². The van der Waals surface area contributed by atoms with Crippen molar-refractivity contribution < 1.29 is 28.7 Å². The van der Waals surface area contributed by atoms with Crippen molar-refractivity contribution in [2.75, 3.05) is 13.7 Å². The first-order chi connectivity index (χ1) is 16.5. The number of nitrogens with one attached hydrogen (secondary N) is 2. The second kappa shape index (κ2) is 12.6. The zero-order chi connectivity index (χ0) is 26.1. The number of benzene rings is 2. The topological polar surface area (TPSA) is 175 Å². The Morgan fingerprint density at radius 2 is 1.83 bits per heavy atom. The summed E-state index contributed by atoms with van der Waals surface area (Å²) in [4.78, 5) is 52.5. The number of carbonyl (C=O) groups excluding carboxylic acids is 4. The summed E-state index contributed by atoms with van der Waals surface area (Å²) in [7, 11) is 1.18. The van der Waals surface area contributed by atoms with Gasteiger partial charge in [0.2, 0.25) is 5.91 Å². The van der Waals surface area contributed by atoms with Crippen LogP contribution in [0.2, 0.25) is 10.0 Å². The molecule has 35 heavy (non-hydrogen) atoms. The van der Waals surface area contributed by atoms with Crippen molar-refractivity contribution in [3.05, 3.63) is 57.6 Å². The average Bonchev–Trinajstić information content (AvgIpc) is 2.78. The van der Waals surface area contributed by atoms with Gasteiger partial charge in [0.05, 0.1) is 36.8 Å². The number of nitrogens with two attached hydrogens (primary N) is 2. The van der Waals surface area contributed by atoms with Crippen LogP contribution in [-0.4, -0.2) is 43.4 Å². The van der Waals surface area contributed by atoms with Crippen molar-refractivity contribution in [1.82, 2.24) is 10.6 Å². The van der Waals surface area contributed by atoms with Gasteiger partial charge in [0.1, 0.15) is 0 Å². The molecule has 0 heterocycles. The molecule has 186 valence electrons. The SMILES string of the molecule is COC(=O)CC(NC(=O)CNC(=O)c1cccc(N=C(N)N)c1)c1cc(Cl)cc(Cl)c1OC(C)=O. The third kappa shape index (κ3) is 8.47. The molecule has 1 atom stereocenters. The molecule has 2 aromatic rings. The van der Waals surface area contributed by atoms with E-state index in [9.17, 15) is 19.2 Å². The lowest BCUT2D eigenvalue weighted by molar-refractivity contribution is -0.141. The maximum Gasteiger partial charge on any atom is 0.308 e. The molecule has 0 saturated carbocycles. The zero-order valence-electron chi connectivity index (χ0n) is 18.8. The van der Waals surface area contributed by atoms with Crippen LogP contribution in [0.5, 0.6) is 5.75 Å². The quantitative estimate of drug-likeness (QED) is 0.167. The van der Waals surface area contributed by atoms with E-state index in [1.165, 1.54) is 38.3 Å². The van der Waals surface area contributed by atoms with Crippen molar-refractivity contribution in [3.8, 4) is 5.75 Å². The third-order valence-corrected chi connectivity index (χ3v) is 4.87. The first kappa shape index (κ1) is 27.4. The van der Waals surface area contributed by atoms with Gasteiger partial charge in [-0.3, -0.25) is 19.2 Å². The summed E-state index contributed by atoms with van der Waals surface area (Å²) >= 11 is 12.3. The number of amides is 2. The van der Waals surface area contributed by atoms with Crippen molar-refractivity contribution in [1.29, 1.82) is 0 Å². The van der Waals surface area contributed by atoms with Crippen LogP contribution >= 0.6 is 23.2 Å². The van der Waals surface area contributed by atoms with E-state index in [1.807, 2.05) is 0 Å². The molecule has 0 aliphatic carbocycles. The number of rotatable bonds is 9. The lowest BCUT2D eigenvalue weighted by Gasteiger charge is -2.22. The maximum absolute atomic E-state index is 12.6. The minimum Gasteiger partial charge on any atom is -0.469 e. The molecule has 13 heteroatoms. The molecule has 0 radical (unpaired) electrons. The normalized spacial score (nSPS) is 11.1. The van der Waals surface area contributed by atoms with Gasteiger partial charge in [-0.05, 0) is 30.3 Å². The highest BCUT2D eigenvalue weighted by atomic mass is 35.5. The predicted molar refractivity (Wildman–Crippen MR) is 130 cm³/mol. The van der Waals surface area contributed by atoms with Gasteiger partial charge in [0, 0.05) is 23.1 Å². The number of ether oxygens (including phenoxy) is 2. The van der Waals surface area contributed by atoms with Crippen LogP contribution < -0.4 is 26.8 Å². The Bertz CT molecular complexity index is 1170. The number of halogens is 2. The molecule has 0 saturated heterocycles. The van der Waals surface area contributed by atoms with Crippen LogP contribution in [0.25, 0.3) is 0 Å². The van der Waals surface area contributed by atoms with E-state index in [2.05, 4.69) is 15.6 Å². The molecular weight excluding hydrogens is 501 g/mol. The van der Waals surface area contributed by atoms with Crippen LogP contribution in [0.3, 0.4) is 0 Å². The van der Waals surface area contributed by atoms with Crippen molar-refractivity contribution >= 4 is 58.6 Å². The molecule has 2 amide bonds. The molecule has 0 aliphatic rings. The van der Waals surface area contributed by atoms with Crippen LogP contribution in [0, 0.1) is 0 Å². The summed E-state index contributed by atoms with van der Waals surface area (Å²) in [6.45, 7) is 0.723.